The van der Waals surface area contributed by atoms with Crippen molar-refractivity contribution < 1.29 is 0 Å². The van der Waals surface area contributed by atoms with Gasteiger partial charge in [0.25, 0.3) is 0 Å². The van der Waals surface area contributed by atoms with E-state index in [1.165, 1.54) is 58.8 Å². The number of thiophene rings is 1. The second kappa shape index (κ2) is 14.8. The summed E-state index contributed by atoms with van der Waals surface area (Å²) in [6.07, 6.45) is 0. The average Bonchev–Trinajstić information content (AvgIpc) is 3.71. The van der Waals surface area contributed by atoms with Gasteiger partial charge in [-0.05, 0) is 67.4 Å². The van der Waals surface area contributed by atoms with E-state index in [0.29, 0.717) is 17.5 Å². The lowest BCUT2D eigenvalue weighted by molar-refractivity contribution is 1.07. The molecule has 0 radical (unpaired) electrons. The minimum absolute atomic E-state index is 0.635. The molecule has 276 valence electrons. The molecule has 0 unspecified atom stereocenters. The lowest BCUT2D eigenvalue weighted by atomic mass is 9.91. The summed E-state index contributed by atoms with van der Waals surface area (Å²) >= 11 is 1.86. The van der Waals surface area contributed by atoms with Gasteiger partial charge in [0.2, 0.25) is 0 Å². The lowest BCUT2D eigenvalue weighted by Crippen LogP contribution is -2.01. The van der Waals surface area contributed by atoms with Crippen molar-refractivity contribution >= 4 is 42.3 Å². The number of hydrogen-bond acceptors (Lipinski definition) is 4. The number of rotatable bonds is 7. The summed E-state index contributed by atoms with van der Waals surface area (Å²) in [6.45, 7) is 0. The van der Waals surface area contributed by atoms with Crippen LogP contribution >= 0.6 is 11.3 Å². The summed E-state index contributed by atoms with van der Waals surface area (Å²) in [4.78, 5) is 15.2. The van der Waals surface area contributed by atoms with Gasteiger partial charge in [-0.25, -0.2) is 15.0 Å². The predicted molar refractivity (Wildman–Crippen MR) is 248 cm³/mol. The number of fused-ring (bicyclic) bond motifs is 4. The summed E-state index contributed by atoms with van der Waals surface area (Å²) in [6, 6.07) is 75.2. The molecule has 11 rings (SSSR count). The molecule has 0 spiro atoms. The molecule has 2 heterocycles. The molecule has 2 aromatic heterocycles. The van der Waals surface area contributed by atoms with E-state index < -0.39 is 0 Å². The van der Waals surface area contributed by atoms with E-state index >= 15 is 0 Å². The largest absolute Gasteiger partial charge is 0.208 e. The van der Waals surface area contributed by atoms with Gasteiger partial charge in [-0.1, -0.05) is 200 Å². The third-order valence-electron chi connectivity index (χ3n) is 11.2. The van der Waals surface area contributed by atoms with Gasteiger partial charge >= 0.3 is 0 Å². The molecular formula is C55H35N3S. The Labute approximate surface area is 346 Å². The van der Waals surface area contributed by atoms with E-state index in [1.807, 2.05) is 53.8 Å². The van der Waals surface area contributed by atoms with Crippen molar-refractivity contribution in [1.29, 1.82) is 0 Å². The molecule has 0 fully saturated rings. The van der Waals surface area contributed by atoms with E-state index in [-0.39, 0.29) is 0 Å². The van der Waals surface area contributed by atoms with Crippen molar-refractivity contribution in [3.63, 3.8) is 0 Å². The number of nitrogens with zero attached hydrogens (tertiary/aromatic N) is 3. The van der Waals surface area contributed by atoms with Crippen molar-refractivity contribution in [2.75, 3.05) is 0 Å². The standard InChI is InChI=1S/C55H35N3S/c1-3-14-36(15-4-1)42-18-7-10-21-48(42)55-57-53(40-16-5-2-6-17-40)56-54(58-55)41-32-30-38(31-33-41)44-35-34-43(46-19-8-9-20-47(44)46)37-26-28-39(29-27-37)45-23-13-25-51-52(45)49-22-11-12-24-50(49)59-51/h1-35H. The maximum absolute atomic E-state index is 5.11. The number of hydrogen-bond donors (Lipinski definition) is 0. The summed E-state index contributed by atoms with van der Waals surface area (Å²) in [5.74, 6) is 1.92. The van der Waals surface area contributed by atoms with Crippen LogP contribution in [0.25, 0.3) is 110 Å². The quantitative estimate of drug-likeness (QED) is 0.162. The van der Waals surface area contributed by atoms with Gasteiger partial charge < -0.3 is 0 Å². The van der Waals surface area contributed by atoms with Crippen molar-refractivity contribution in [1.82, 2.24) is 15.0 Å². The zero-order chi connectivity index (χ0) is 39.1. The molecule has 0 aliphatic heterocycles. The fourth-order valence-corrected chi connectivity index (χ4v) is 9.47. The van der Waals surface area contributed by atoms with Crippen LogP contribution < -0.4 is 0 Å². The van der Waals surface area contributed by atoms with Gasteiger partial charge in [-0.2, -0.15) is 0 Å². The summed E-state index contributed by atoms with van der Waals surface area (Å²) in [5, 5.41) is 5.09. The third-order valence-corrected chi connectivity index (χ3v) is 12.3. The van der Waals surface area contributed by atoms with Crippen LogP contribution in [0.3, 0.4) is 0 Å². The minimum Gasteiger partial charge on any atom is -0.208 e. The van der Waals surface area contributed by atoms with Crippen LogP contribution in [-0.4, -0.2) is 15.0 Å². The second-order valence-corrected chi connectivity index (χ2v) is 15.8. The summed E-state index contributed by atoms with van der Waals surface area (Å²) in [5.41, 5.74) is 12.3. The number of aromatic nitrogens is 3. The van der Waals surface area contributed by atoms with Crippen LogP contribution in [0.5, 0.6) is 0 Å². The Morgan fingerprint density at radius 2 is 0.644 bits per heavy atom. The molecule has 0 bridgehead atoms. The van der Waals surface area contributed by atoms with E-state index in [1.54, 1.807) is 0 Å². The zero-order valence-corrected chi connectivity index (χ0v) is 32.8. The molecule has 9 aromatic carbocycles. The molecule has 4 heteroatoms. The maximum Gasteiger partial charge on any atom is 0.164 e. The monoisotopic (exact) mass is 769 g/mol. The van der Waals surface area contributed by atoms with E-state index in [4.69, 9.17) is 15.0 Å². The lowest BCUT2D eigenvalue weighted by Gasteiger charge is -2.14. The Bertz CT molecular complexity index is 3300. The Morgan fingerprint density at radius 1 is 0.237 bits per heavy atom. The first kappa shape index (κ1) is 34.7. The minimum atomic E-state index is 0.635. The molecular weight excluding hydrogens is 735 g/mol. The van der Waals surface area contributed by atoms with Crippen LogP contribution in [0, 0.1) is 0 Å². The molecule has 3 nitrogen and oxygen atoms in total. The molecule has 0 N–H and O–H groups in total. The highest BCUT2D eigenvalue weighted by molar-refractivity contribution is 7.25. The van der Waals surface area contributed by atoms with Crippen LogP contribution in [-0.2, 0) is 0 Å². The third kappa shape index (κ3) is 6.37. The highest BCUT2D eigenvalue weighted by Gasteiger charge is 2.17. The highest BCUT2D eigenvalue weighted by Crippen LogP contribution is 2.42. The van der Waals surface area contributed by atoms with Crippen LogP contribution in [0.15, 0.2) is 212 Å². The smallest absolute Gasteiger partial charge is 0.164 e. The fourth-order valence-electron chi connectivity index (χ4n) is 8.34. The van der Waals surface area contributed by atoms with Gasteiger partial charge in [0, 0.05) is 36.9 Å². The Morgan fingerprint density at radius 3 is 1.27 bits per heavy atom. The van der Waals surface area contributed by atoms with Crippen molar-refractivity contribution in [3.05, 3.63) is 212 Å². The molecule has 0 atom stereocenters. The average molecular weight is 770 g/mol. The zero-order valence-electron chi connectivity index (χ0n) is 32.0. The Balaban J connectivity index is 0.951. The Hall–Kier alpha value is -7.53. The molecule has 0 saturated carbocycles. The van der Waals surface area contributed by atoms with Crippen LogP contribution in [0.2, 0.25) is 0 Å². The normalized spacial score (nSPS) is 11.4. The van der Waals surface area contributed by atoms with Gasteiger partial charge in [0.1, 0.15) is 0 Å². The maximum atomic E-state index is 5.11. The SMILES string of the molecule is c1ccc(-c2nc(-c3ccc(-c4ccc(-c5ccc(-c6cccc7sc8ccccc8c67)cc5)c5ccccc45)cc3)nc(-c3ccccc3-c3ccccc3)n2)cc1. The van der Waals surface area contributed by atoms with Crippen LogP contribution in [0.4, 0.5) is 0 Å². The second-order valence-electron chi connectivity index (χ2n) is 14.7. The van der Waals surface area contributed by atoms with E-state index in [2.05, 4.69) is 170 Å². The van der Waals surface area contributed by atoms with E-state index in [0.717, 1.165) is 33.4 Å². The van der Waals surface area contributed by atoms with Crippen molar-refractivity contribution in [2.24, 2.45) is 0 Å². The topological polar surface area (TPSA) is 38.7 Å². The first-order valence-corrected chi connectivity index (χ1v) is 20.7. The van der Waals surface area contributed by atoms with Gasteiger partial charge in [-0.15, -0.1) is 11.3 Å². The van der Waals surface area contributed by atoms with E-state index in [9.17, 15) is 0 Å². The Kier molecular flexibility index (Phi) is 8.68. The van der Waals surface area contributed by atoms with Gasteiger partial charge in [0.05, 0.1) is 0 Å². The number of benzene rings is 9. The molecule has 0 aliphatic rings. The van der Waals surface area contributed by atoms with Crippen molar-refractivity contribution in [3.8, 4) is 78.7 Å². The molecule has 0 amide bonds. The molecule has 11 aromatic rings. The first-order valence-electron chi connectivity index (χ1n) is 19.9. The predicted octanol–water partition coefficient (Wildman–Crippen LogP) is 15.1. The van der Waals surface area contributed by atoms with Gasteiger partial charge in [0.15, 0.2) is 17.5 Å². The highest BCUT2D eigenvalue weighted by atomic mass is 32.1. The molecule has 59 heavy (non-hydrogen) atoms. The van der Waals surface area contributed by atoms with Crippen molar-refractivity contribution in [2.45, 2.75) is 0 Å². The first-order chi connectivity index (χ1) is 29.2. The molecule has 0 aliphatic carbocycles. The van der Waals surface area contributed by atoms with Crippen LogP contribution in [0.1, 0.15) is 0 Å². The fraction of sp³-hybridized carbons (Fsp3) is 0. The molecule has 0 saturated heterocycles. The summed E-state index contributed by atoms with van der Waals surface area (Å²) < 4.78 is 2.65. The summed E-state index contributed by atoms with van der Waals surface area (Å²) in [7, 11) is 0. The van der Waals surface area contributed by atoms with Gasteiger partial charge in [-0.3, -0.25) is 0 Å².